The molecule has 3 heteroatoms. The minimum atomic E-state index is 0.0469. The molecule has 0 spiro atoms. The van der Waals surface area contributed by atoms with Crippen LogP contribution in [0.1, 0.15) is 23.6 Å². The van der Waals surface area contributed by atoms with Gasteiger partial charge in [-0.05, 0) is 30.5 Å². The van der Waals surface area contributed by atoms with Crippen LogP contribution >= 0.6 is 11.6 Å². The first-order chi connectivity index (χ1) is 7.18. The highest BCUT2D eigenvalue weighted by Crippen LogP contribution is 2.28. The summed E-state index contributed by atoms with van der Waals surface area (Å²) < 4.78 is 5.34. The lowest BCUT2D eigenvalue weighted by Gasteiger charge is -2.18. The molecule has 2 atom stereocenters. The Labute approximate surface area is 95.4 Å². The van der Waals surface area contributed by atoms with Gasteiger partial charge >= 0.3 is 0 Å². The van der Waals surface area contributed by atoms with Crippen molar-refractivity contribution in [3.8, 4) is 0 Å². The zero-order valence-corrected chi connectivity index (χ0v) is 9.63. The third kappa shape index (κ3) is 2.33. The Balaban J connectivity index is 2.17. The number of ether oxygens (including phenoxy) is 1. The summed E-state index contributed by atoms with van der Waals surface area (Å²) in [6.45, 7) is 3.60. The normalized spacial score (nSPS) is 23.0. The zero-order valence-electron chi connectivity index (χ0n) is 8.87. The summed E-state index contributed by atoms with van der Waals surface area (Å²) in [5.74, 6) is 0.434. The highest BCUT2D eigenvalue weighted by Gasteiger charge is 2.24. The molecular formula is C12H16ClNO. The Kier molecular flexibility index (Phi) is 3.29. The van der Waals surface area contributed by atoms with E-state index in [2.05, 4.69) is 6.07 Å². The van der Waals surface area contributed by atoms with E-state index in [1.54, 1.807) is 0 Å². The van der Waals surface area contributed by atoms with Crippen LogP contribution < -0.4 is 5.73 Å². The van der Waals surface area contributed by atoms with Crippen molar-refractivity contribution < 1.29 is 4.74 Å². The maximum atomic E-state index is 6.18. The van der Waals surface area contributed by atoms with Crippen molar-refractivity contribution in [2.24, 2.45) is 11.7 Å². The quantitative estimate of drug-likeness (QED) is 0.840. The van der Waals surface area contributed by atoms with E-state index >= 15 is 0 Å². The maximum Gasteiger partial charge on any atom is 0.0513 e. The second-order valence-corrected chi connectivity index (χ2v) is 4.57. The summed E-state index contributed by atoms with van der Waals surface area (Å²) in [5.41, 5.74) is 8.39. The molecule has 2 N–H and O–H groups in total. The van der Waals surface area contributed by atoms with Gasteiger partial charge in [0, 0.05) is 23.6 Å². The molecule has 1 aromatic rings. The van der Waals surface area contributed by atoms with Crippen molar-refractivity contribution in [1.82, 2.24) is 0 Å². The molecule has 1 heterocycles. The van der Waals surface area contributed by atoms with Crippen molar-refractivity contribution in [3.05, 3.63) is 34.3 Å². The molecule has 1 aliphatic rings. The number of aryl methyl sites for hydroxylation is 1. The maximum absolute atomic E-state index is 6.18. The van der Waals surface area contributed by atoms with E-state index in [1.165, 1.54) is 0 Å². The van der Waals surface area contributed by atoms with Crippen LogP contribution in [0.25, 0.3) is 0 Å². The van der Waals surface area contributed by atoms with Crippen LogP contribution in [0.15, 0.2) is 18.2 Å². The Bertz CT molecular complexity index is 347. The number of hydrogen-bond acceptors (Lipinski definition) is 2. The largest absolute Gasteiger partial charge is 0.381 e. The Morgan fingerprint density at radius 2 is 2.33 bits per heavy atom. The SMILES string of the molecule is Cc1ccc(C(N)C2CCOC2)cc1Cl. The molecule has 1 aliphatic heterocycles. The van der Waals surface area contributed by atoms with Gasteiger partial charge < -0.3 is 10.5 Å². The van der Waals surface area contributed by atoms with Gasteiger partial charge in [0.1, 0.15) is 0 Å². The average Bonchev–Trinajstić information content (AvgIpc) is 2.74. The summed E-state index contributed by atoms with van der Waals surface area (Å²) >= 11 is 6.08. The average molecular weight is 226 g/mol. The van der Waals surface area contributed by atoms with Gasteiger partial charge in [-0.2, -0.15) is 0 Å². The van der Waals surface area contributed by atoms with Gasteiger partial charge in [-0.15, -0.1) is 0 Å². The van der Waals surface area contributed by atoms with Crippen LogP contribution in [0.2, 0.25) is 5.02 Å². The number of benzene rings is 1. The van der Waals surface area contributed by atoms with E-state index in [9.17, 15) is 0 Å². The second-order valence-electron chi connectivity index (χ2n) is 4.16. The fourth-order valence-electron chi connectivity index (χ4n) is 1.92. The number of hydrogen-bond donors (Lipinski definition) is 1. The van der Waals surface area contributed by atoms with Gasteiger partial charge in [0.25, 0.3) is 0 Å². The van der Waals surface area contributed by atoms with E-state index in [4.69, 9.17) is 22.1 Å². The molecule has 0 aliphatic carbocycles. The van der Waals surface area contributed by atoms with Crippen molar-refractivity contribution >= 4 is 11.6 Å². The summed E-state index contributed by atoms with van der Waals surface area (Å²) in [7, 11) is 0. The van der Waals surface area contributed by atoms with Crippen LogP contribution in [0, 0.1) is 12.8 Å². The van der Waals surface area contributed by atoms with E-state index < -0.39 is 0 Å². The molecule has 2 unspecified atom stereocenters. The van der Waals surface area contributed by atoms with E-state index in [0.717, 1.165) is 35.8 Å². The monoisotopic (exact) mass is 225 g/mol. The fourth-order valence-corrected chi connectivity index (χ4v) is 2.11. The summed E-state index contributed by atoms with van der Waals surface area (Å²) in [6, 6.07) is 6.10. The lowest BCUT2D eigenvalue weighted by atomic mass is 9.93. The first-order valence-electron chi connectivity index (χ1n) is 5.28. The van der Waals surface area contributed by atoms with Crippen LogP contribution in [0.4, 0.5) is 0 Å². The first-order valence-corrected chi connectivity index (χ1v) is 5.65. The number of rotatable bonds is 2. The fraction of sp³-hybridized carbons (Fsp3) is 0.500. The van der Waals surface area contributed by atoms with Crippen molar-refractivity contribution in [3.63, 3.8) is 0 Å². The molecule has 2 nitrogen and oxygen atoms in total. The van der Waals surface area contributed by atoms with E-state index in [1.807, 2.05) is 19.1 Å². The van der Waals surface area contributed by atoms with Gasteiger partial charge in [-0.1, -0.05) is 23.7 Å². The standard InChI is InChI=1S/C12H16ClNO/c1-8-2-3-9(6-11(8)13)12(14)10-4-5-15-7-10/h2-3,6,10,12H,4-5,7,14H2,1H3. The summed E-state index contributed by atoms with van der Waals surface area (Å²) in [5, 5.41) is 0.793. The third-order valence-electron chi connectivity index (χ3n) is 3.05. The van der Waals surface area contributed by atoms with Gasteiger partial charge in [-0.3, -0.25) is 0 Å². The molecular weight excluding hydrogens is 210 g/mol. The minimum absolute atomic E-state index is 0.0469. The number of nitrogens with two attached hydrogens (primary N) is 1. The molecule has 2 rings (SSSR count). The lowest BCUT2D eigenvalue weighted by molar-refractivity contribution is 0.181. The molecule has 1 fully saturated rings. The van der Waals surface area contributed by atoms with E-state index in [0.29, 0.717) is 5.92 Å². The highest BCUT2D eigenvalue weighted by molar-refractivity contribution is 6.31. The second kappa shape index (κ2) is 4.52. The van der Waals surface area contributed by atoms with Crippen LogP contribution in [-0.4, -0.2) is 13.2 Å². The Hall–Kier alpha value is -0.570. The molecule has 1 aromatic carbocycles. The van der Waals surface area contributed by atoms with Gasteiger partial charge in [-0.25, -0.2) is 0 Å². The van der Waals surface area contributed by atoms with Gasteiger partial charge in [0.15, 0.2) is 0 Å². The Morgan fingerprint density at radius 3 is 2.93 bits per heavy atom. The van der Waals surface area contributed by atoms with Crippen molar-refractivity contribution in [1.29, 1.82) is 0 Å². The molecule has 0 aromatic heterocycles. The molecule has 15 heavy (non-hydrogen) atoms. The summed E-state index contributed by atoms with van der Waals surface area (Å²) in [4.78, 5) is 0. The smallest absolute Gasteiger partial charge is 0.0513 e. The third-order valence-corrected chi connectivity index (χ3v) is 3.46. The van der Waals surface area contributed by atoms with Gasteiger partial charge in [0.05, 0.1) is 6.61 Å². The lowest BCUT2D eigenvalue weighted by Crippen LogP contribution is -2.21. The molecule has 1 saturated heterocycles. The van der Waals surface area contributed by atoms with Crippen molar-refractivity contribution in [2.45, 2.75) is 19.4 Å². The molecule has 0 amide bonds. The molecule has 0 bridgehead atoms. The molecule has 82 valence electrons. The predicted octanol–water partition coefficient (Wildman–Crippen LogP) is 2.68. The Morgan fingerprint density at radius 1 is 1.53 bits per heavy atom. The van der Waals surface area contributed by atoms with Crippen LogP contribution in [-0.2, 0) is 4.74 Å². The van der Waals surface area contributed by atoms with Crippen LogP contribution in [0.5, 0.6) is 0 Å². The van der Waals surface area contributed by atoms with E-state index in [-0.39, 0.29) is 6.04 Å². The predicted molar refractivity (Wildman–Crippen MR) is 62.0 cm³/mol. The van der Waals surface area contributed by atoms with Crippen molar-refractivity contribution in [2.75, 3.05) is 13.2 Å². The topological polar surface area (TPSA) is 35.2 Å². The van der Waals surface area contributed by atoms with Crippen LogP contribution in [0.3, 0.4) is 0 Å². The zero-order chi connectivity index (χ0) is 10.8. The first kappa shape index (κ1) is 10.9. The highest BCUT2D eigenvalue weighted by atomic mass is 35.5. The molecule has 0 saturated carbocycles. The summed E-state index contributed by atoms with van der Waals surface area (Å²) in [6.07, 6.45) is 1.05. The minimum Gasteiger partial charge on any atom is -0.381 e. The molecule has 0 radical (unpaired) electrons. The number of halogens is 1. The van der Waals surface area contributed by atoms with Gasteiger partial charge in [0.2, 0.25) is 0 Å².